The van der Waals surface area contributed by atoms with Gasteiger partial charge in [-0.2, -0.15) is 0 Å². The Morgan fingerprint density at radius 2 is 1.65 bits per heavy atom. The highest BCUT2D eigenvalue weighted by molar-refractivity contribution is 5.90. The molecule has 1 heterocycles. The van der Waals surface area contributed by atoms with Crippen molar-refractivity contribution in [3.05, 3.63) is 48.0 Å². The SMILES string of the molecule is CN(C)c1cccc2[nH]c(-c3c(F)cccc3F)nc12. The molecule has 0 aliphatic carbocycles. The molecule has 0 spiro atoms. The Balaban J connectivity index is 2.26. The summed E-state index contributed by atoms with van der Waals surface area (Å²) in [7, 11) is 3.79. The zero-order valence-electron chi connectivity index (χ0n) is 11.1. The van der Waals surface area contributed by atoms with Crippen molar-refractivity contribution in [2.45, 2.75) is 0 Å². The van der Waals surface area contributed by atoms with Crippen molar-refractivity contribution in [3.8, 4) is 11.4 Å². The predicted octanol–water partition coefficient (Wildman–Crippen LogP) is 3.57. The summed E-state index contributed by atoms with van der Waals surface area (Å²) in [5.41, 5.74) is 2.19. The van der Waals surface area contributed by atoms with Gasteiger partial charge in [0.1, 0.15) is 23.0 Å². The number of anilines is 1. The second-order valence-corrected chi connectivity index (χ2v) is 4.75. The second kappa shape index (κ2) is 4.59. The molecule has 1 aromatic heterocycles. The Morgan fingerprint density at radius 1 is 1.00 bits per heavy atom. The maximum atomic E-state index is 13.8. The van der Waals surface area contributed by atoms with E-state index >= 15 is 0 Å². The van der Waals surface area contributed by atoms with Gasteiger partial charge in [0, 0.05) is 14.1 Å². The summed E-state index contributed by atoms with van der Waals surface area (Å²) in [4.78, 5) is 9.23. The molecule has 0 aliphatic heterocycles. The topological polar surface area (TPSA) is 31.9 Å². The third-order valence-electron chi connectivity index (χ3n) is 3.17. The van der Waals surface area contributed by atoms with Gasteiger partial charge in [0.25, 0.3) is 0 Å². The quantitative estimate of drug-likeness (QED) is 0.774. The highest BCUT2D eigenvalue weighted by atomic mass is 19.1. The number of H-pyrrole nitrogens is 1. The summed E-state index contributed by atoms with van der Waals surface area (Å²) >= 11 is 0. The van der Waals surface area contributed by atoms with Gasteiger partial charge in [-0.1, -0.05) is 12.1 Å². The number of hydrogen-bond donors (Lipinski definition) is 1. The first-order valence-electron chi connectivity index (χ1n) is 6.18. The van der Waals surface area contributed by atoms with Crippen LogP contribution in [0.2, 0.25) is 0 Å². The van der Waals surface area contributed by atoms with Crippen LogP contribution in [0.5, 0.6) is 0 Å². The first-order valence-corrected chi connectivity index (χ1v) is 6.18. The number of aromatic nitrogens is 2. The van der Waals surface area contributed by atoms with Crippen molar-refractivity contribution in [3.63, 3.8) is 0 Å². The number of halogens is 2. The summed E-state index contributed by atoms with van der Waals surface area (Å²) in [5.74, 6) is -1.06. The third kappa shape index (κ3) is 1.91. The zero-order valence-corrected chi connectivity index (χ0v) is 11.1. The highest BCUT2D eigenvalue weighted by Gasteiger charge is 2.16. The average Bonchev–Trinajstić information content (AvgIpc) is 2.81. The van der Waals surface area contributed by atoms with E-state index in [2.05, 4.69) is 9.97 Å². The maximum absolute atomic E-state index is 13.8. The van der Waals surface area contributed by atoms with E-state index in [1.165, 1.54) is 18.2 Å². The Morgan fingerprint density at radius 3 is 2.30 bits per heavy atom. The molecule has 0 amide bonds. The predicted molar refractivity (Wildman–Crippen MR) is 75.8 cm³/mol. The molecule has 3 nitrogen and oxygen atoms in total. The van der Waals surface area contributed by atoms with Gasteiger partial charge < -0.3 is 9.88 Å². The van der Waals surface area contributed by atoms with Gasteiger partial charge in [0.05, 0.1) is 16.8 Å². The van der Waals surface area contributed by atoms with Gasteiger partial charge in [-0.25, -0.2) is 13.8 Å². The van der Waals surface area contributed by atoms with Gasteiger partial charge in [0.2, 0.25) is 0 Å². The van der Waals surface area contributed by atoms with E-state index in [0.717, 1.165) is 11.2 Å². The van der Waals surface area contributed by atoms with Gasteiger partial charge in [-0.05, 0) is 24.3 Å². The minimum atomic E-state index is -0.629. The Bertz CT molecular complexity index is 758. The lowest BCUT2D eigenvalue weighted by Crippen LogP contribution is -2.08. The van der Waals surface area contributed by atoms with E-state index in [1.54, 1.807) is 0 Å². The van der Waals surface area contributed by atoms with Crippen LogP contribution in [0.15, 0.2) is 36.4 Å². The molecule has 0 radical (unpaired) electrons. The molecule has 0 saturated carbocycles. The number of nitrogens with zero attached hydrogens (tertiary/aromatic N) is 2. The smallest absolute Gasteiger partial charge is 0.144 e. The van der Waals surface area contributed by atoms with Crippen LogP contribution < -0.4 is 4.90 Å². The van der Waals surface area contributed by atoms with Gasteiger partial charge in [0.15, 0.2) is 0 Å². The minimum absolute atomic E-state index is 0.131. The van der Waals surface area contributed by atoms with Gasteiger partial charge >= 0.3 is 0 Å². The number of benzene rings is 2. The number of nitrogens with one attached hydrogen (secondary N) is 1. The van der Waals surface area contributed by atoms with Crippen molar-refractivity contribution in [1.29, 1.82) is 0 Å². The van der Waals surface area contributed by atoms with Crippen LogP contribution >= 0.6 is 0 Å². The van der Waals surface area contributed by atoms with E-state index in [4.69, 9.17) is 0 Å². The molecule has 3 rings (SSSR count). The summed E-state index contributed by atoms with van der Waals surface area (Å²) in [5, 5.41) is 0. The standard InChI is InChI=1S/C15H13F2N3/c1-20(2)12-8-4-7-11-14(12)19-15(18-11)13-9(16)5-3-6-10(13)17/h3-8H,1-2H3,(H,18,19). The first kappa shape index (κ1) is 12.6. The van der Waals surface area contributed by atoms with Crippen molar-refractivity contribution >= 4 is 16.7 Å². The fraction of sp³-hybridized carbons (Fsp3) is 0.133. The molecule has 1 N–H and O–H groups in total. The second-order valence-electron chi connectivity index (χ2n) is 4.75. The highest BCUT2D eigenvalue weighted by Crippen LogP contribution is 2.29. The number of para-hydroxylation sites is 1. The molecule has 0 bridgehead atoms. The number of imidazole rings is 1. The monoisotopic (exact) mass is 273 g/mol. The molecule has 2 aromatic carbocycles. The van der Waals surface area contributed by atoms with Gasteiger partial charge in [-0.15, -0.1) is 0 Å². The Kier molecular flexibility index (Phi) is 2.89. The molecule has 3 aromatic rings. The summed E-state index contributed by atoms with van der Waals surface area (Å²) < 4.78 is 27.6. The van der Waals surface area contributed by atoms with E-state index < -0.39 is 11.6 Å². The molecule has 5 heteroatoms. The van der Waals surface area contributed by atoms with E-state index in [-0.39, 0.29) is 11.4 Å². The molecule has 0 unspecified atom stereocenters. The molecule has 0 fully saturated rings. The zero-order chi connectivity index (χ0) is 14.3. The number of hydrogen-bond acceptors (Lipinski definition) is 2. The number of rotatable bonds is 2. The number of aromatic amines is 1. The van der Waals surface area contributed by atoms with Crippen LogP contribution in [0.1, 0.15) is 0 Å². The van der Waals surface area contributed by atoms with E-state index in [1.807, 2.05) is 37.2 Å². The van der Waals surface area contributed by atoms with Crippen LogP contribution in [0, 0.1) is 11.6 Å². The Hall–Kier alpha value is -2.43. The van der Waals surface area contributed by atoms with E-state index in [0.29, 0.717) is 5.52 Å². The van der Waals surface area contributed by atoms with Crippen LogP contribution in [0.4, 0.5) is 14.5 Å². The Labute approximate surface area is 114 Å². The lowest BCUT2D eigenvalue weighted by Gasteiger charge is -2.12. The molecular weight excluding hydrogens is 260 g/mol. The summed E-state index contributed by atoms with van der Waals surface area (Å²) in [6, 6.07) is 9.39. The summed E-state index contributed by atoms with van der Waals surface area (Å²) in [6.45, 7) is 0. The normalized spacial score (nSPS) is 11.0. The lowest BCUT2D eigenvalue weighted by molar-refractivity contribution is 0.588. The lowest BCUT2D eigenvalue weighted by atomic mass is 10.2. The average molecular weight is 273 g/mol. The molecule has 20 heavy (non-hydrogen) atoms. The molecular formula is C15H13F2N3. The van der Waals surface area contributed by atoms with E-state index in [9.17, 15) is 8.78 Å². The van der Waals surface area contributed by atoms with Crippen molar-refractivity contribution in [2.75, 3.05) is 19.0 Å². The molecule has 102 valence electrons. The van der Waals surface area contributed by atoms with Crippen molar-refractivity contribution in [1.82, 2.24) is 9.97 Å². The van der Waals surface area contributed by atoms with Crippen molar-refractivity contribution in [2.24, 2.45) is 0 Å². The third-order valence-corrected chi connectivity index (χ3v) is 3.17. The van der Waals surface area contributed by atoms with Gasteiger partial charge in [-0.3, -0.25) is 0 Å². The van der Waals surface area contributed by atoms with Crippen LogP contribution in [-0.2, 0) is 0 Å². The molecule has 0 atom stereocenters. The van der Waals surface area contributed by atoms with Crippen LogP contribution in [0.3, 0.4) is 0 Å². The fourth-order valence-electron chi connectivity index (χ4n) is 2.22. The van der Waals surface area contributed by atoms with Crippen molar-refractivity contribution < 1.29 is 8.78 Å². The molecule has 0 saturated heterocycles. The fourth-order valence-corrected chi connectivity index (χ4v) is 2.22. The minimum Gasteiger partial charge on any atom is -0.376 e. The van der Waals surface area contributed by atoms with Crippen LogP contribution in [0.25, 0.3) is 22.4 Å². The first-order chi connectivity index (χ1) is 9.58. The maximum Gasteiger partial charge on any atom is 0.144 e. The number of fused-ring (bicyclic) bond motifs is 1. The largest absolute Gasteiger partial charge is 0.376 e. The van der Waals surface area contributed by atoms with Crippen LogP contribution in [-0.4, -0.2) is 24.1 Å². The summed E-state index contributed by atoms with van der Waals surface area (Å²) in [6.07, 6.45) is 0. The molecule has 0 aliphatic rings.